The molecular formula is C19H13NO4. The van der Waals surface area contributed by atoms with Gasteiger partial charge in [-0.1, -0.05) is 30.3 Å². The number of hydrogen-bond acceptors (Lipinski definition) is 4. The van der Waals surface area contributed by atoms with Crippen molar-refractivity contribution in [3.63, 3.8) is 0 Å². The van der Waals surface area contributed by atoms with Crippen molar-refractivity contribution in [3.8, 4) is 0 Å². The van der Waals surface area contributed by atoms with Crippen molar-refractivity contribution in [3.05, 3.63) is 76.1 Å². The Morgan fingerprint density at radius 2 is 1.71 bits per heavy atom. The Hall–Kier alpha value is -3.34. The average molecular weight is 319 g/mol. The molecule has 0 radical (unpaired) electrons. The topological polar surface area (TPSA) is 72.5 Å². The van der Waals surface area contributed by atoms with E-state index in [0.29, 0.717) is 16.7 Å². The summed E-state index contributed by atoms with van der Waals surface area (Å²) in [6, 6.07) is 15.7. The molecule has 0 aliphatic rings. The van der Waals surface area contributed by atoms with Crippen LogP contribution in [-0.2, 0) is 0 Å². The maximum Gasteiger partial charge on any atom is 0.302 e. The number of carbonyl (C=O) groups excluding carboxylic acids is 1. The number of para-hydroxylation sites is 2. The van der Waals surface area contributed by atoms with Crippen LogP contribution in [0.4, 0.5) is 5.69 Å². The molecule has 118 valence electrons. The third-order valence-corrected chi connectivity index (χ3v) is 3.89. The van der Waals surface area contributed by atoms with E-state index in [1.54, 1.807) is 30.3 Å². The number of benzene rings is 2. The minimum atomic E-state index is -0.431. The van der Waals surface area contributed by atoms with Crippen LogP contribution in [0.5, 0.6) is 0 Å². The fraction of sp³-hybridized carbons (Fsp3) is 0.0526. The highest BCUT2D eigenvalue weighted by atomic mass is 16.5. The second-order valence-electron chi connectivity index (χ2n) is 5.51. The van der Waals surface area contributed by atoms with Crippen LogP contribution in [0.2, 0.25) is 0 Å². The maximum absolute atomic E-state index is 12.5. The first-order chi connectivity index (χ1) is 11.6. The Morgan fingerprint density at radius 1 is 0.958 bits per heavy atom. The van der Waals surface area contributed by atoms with Crippen molar-refractivity contribution in [1.29, 1.82) is 0 Å². The van der Waals surface area contributed by atoms with Crippen LogP contribution in [0.1, 0.15) is 16.1 Å². The molecule has 4 aromatic rings. The zero-order valence-electron chi connectivity index (χ0n) is 12.8. The van der Waals surface area contributed by atoms with Gasteiger partial charge >= 0.3 is 5.78 Å². The summed E-state index contributed by atoms with van der Waals surface area (Å²) in [6.07, 6.45) is 0. The van der Waals surface area contributed by atoms with Crippen LogP contribution in [0, 0.1) is 6.92 Å². The van der Waals surface area contributed by atoms with Gasteiger partial charge in [-0.25, -0.2) is 0 Å². The highest BCUT2D eigenvalue weighted by Crippen LogP contribution is 2.23. The molecule has 0 aliphatic heterocycles. The van der Waals surface area contributed by atoms with Crippen molar-refractivity contribution in [2.75, 3.05) is 5.32 Å². The van der Waals surface area contributed by atoms with Gasteiger partial charge in [0.15, 0.2) is 5.76 Å². The lowest BCUT2D eigenvalue weighted by Crippen LogP contribution is -2.11. The number of furan rings is 1. The molecule has 0 spiro atoms. The highest BCUT2D eigenvalue weighted by Gasteiger charge is 2.18. The van der Waals surface area contributed by atoms with Crippen molar-refractivity contribution in [1.82, 2.24) is 0 Å². The van der Waals surface area contributed by atoms with Gasteiger partial charge in [-0.05, 0) is 30.7 Å². The van der Waals surface area contributed by atoms with Crippen LogP contribution in [0.25, 0.3) is 22.1 Å². The van der Waals surface area contributed by atoms with Gasteiger partial charge in [-0.2, -0.15) is 0 Å². The molecule has 0 aliphatic carbocycles. The summed E-state index contributed by atoms with van der Waals surface area (Å²) >= 11 is 0. The van der Waals surface area contributed by atoms with Crippen LogP contribution in [0.3, 0.4) is 0 Å². The predicted molar refractivity (Wildman–Crippen MR) is 91.4 cm³/mol. The van der Waals surface area contributed by atoms with E-state index in [9.17, 15) is 9.59 Å². The van der Waals surface area contributed by atoms with Crippen LogP contribution < -0.4 is 10.7 Å². The fourth-order valence-electron chi connectivity index (χ4n) is 2.61. The Kier molecular flexibility index (Phi) is 3.20. The minimum absolute atomic E-state index is 0.0319. The van der Waals surface area contributed by atoms with Gasteiger partial charge in [-0.3, -0.25) is 9.59 Å². The molecule has 5 heteroatoms. The molecular weight excluding hydrogens is 306 g/mol. The molecule has 2 aromatic heterocycles. The summed E-state index contributed by atoms with van der Waals surface area (Å²) in [7, 11) is 0. The van der Waals surface area contributed by atoms with E-state index < -0.39 is 5.91 Å². The number of anilines is 1. The lowest BCUT2D eigenvalue weighted by Gasteiger charge is -2.05. The van der Waals surface area contributed by atoms with Crippen LogP contribution in [-0.4, -0.2) is 5.91 Å². The molecule has 0 unspecified atom stereocenters. The first kappa shape index (κ1) is 14.3. The molecule has 5 nitrogen and oxygen atoms in total. The van der Waals surface area contributed by atoms with E-state index in [1.165, 1.54) is 6.07 Å². The molecule has 1 N–H and O–H groups in total. The summed E-state index contributed by atoms with van der Waals surface area (Å²) in [6.45, 7) is 1.89. The molecule has 0 bridgehead atoms. The summed E-state index contributed by atoms with van der Waals surface area (Å²) in [5.74, 6) is -0.350. The number of nitrogens with one attached hydrogen (secondary N) is 1. The summed E-state index contributed by atoms with van der Waals surface area (Å²) in [4.78, 5) is 24.9. The SMILES string of the molecule is Cc1ccccc1NC(=O)c1cc2c(=O)c3ccccc3oc2o1. The average Bonchev–Trinajstić information content (AvgIpc) is 3.02. The minimum Gasteiger partial charge on any atom is -0.425 e. The summed E-state index contributed by atoms with van der Waals surface area (Å²) in [5, 5.41) is 3.48. The Morgan fingerprint density at radius 3 is 2.54 bits per heavy atom. The molecule has 0 saturated carbocycles. The number of carbonyl (C=O) groups is 1. The number of fused-ring (bicyclic) bond motifs is 2. The molecule has 24 heavy (non-hydrogen) atoms. The van der Waals surface area contributed by atoms with Crippen LogP contribution in [0.15, 0.2) is 68.2 Å². The smallest absolute Gasteiger partial charge is 0.302 e. The molecule has 2 aromatic carbocycles. The zero-order chi connectivity index (χ0) is 16.7. The Bertz CT molecular complexity index is 1140. The van der Waals surface area contributed by atoms with Gasteiger partial charge in [-0.15, -0.1) is 0 Å². The zero-order valence-corrected chi connectivity index (χ0v) is 12.8. The first-order valence-corrected chi connectivity index (χ1v) is 7.46. The van der Waals surface area contributed by atoms with Crippen molar-refractivity contribution < 1.29 is 13.6 Å². The number of hydrogen-bond donors (Lipinski definition) is 1. The number of amides is 1. The normalized spacial score (nSPS) is 11.0. The molecule has 4 rings (SSSR count). The lowest BCUT2D eigenvalue weighted by molar-refractivity contribution is 0.0997. The van der Waals surface area contributed by atoms with E-state index in [-0.39, 0.29) is 22.4 Å². The Labute approximate surface area is 136 Å². The molecule has 1 amide bonds. The van der Waals surface area contributed by atoms with Crippen LogP contribution >= 0.6 is 0 Å². The molecule has 0 saturated heterocycles. The van der Waals surface area contributed by atoms with Crippen molar-refractivity contribution in [2.45, 2.75) is 6.92 Å². The van der Waals surface area contributed by atoms with E-state index in [1.807, 2.05) is 25.1 Å². The molecule has 0 atom stereocenters. The second kappa shape index (κ2) is 5.38. The molecule has 0 fully saturated rings. The van der Waals surface area contributed by atoms with E-state index in [4.69, 9.17) is 8.83 Å². The standard InChI is InChI=1S/C19H13NO4/c1-11-6-2-4-8-14(11)20-18(22)16-10-13-17(21)12-7-3-5-9-15(12)23-19(13)24-16/h2-10H,1H3,(H,20,22). The fourth-order valence-corrected chi connectivity index (χ4v) is 2.61. The van der Waals surface area contributed by atoms with Gasteiger partial charge in [0, 0.05) is 11.8 Å². The van der Waals surface area contributed by atoms with Crippen molar-refractivity contribution in [2.24, 2.45) is 0 Å². The van der Waals surface area contributed by atoms with Crippen molar-refractivity contribution >= 4 is 33.7 Å². The predicted octanol–water partition coefficient (Wildman–Crippen LogP) is 4.10. The molecule has 2 heterocycles. The van der Waals surface area contributed by atoms with Gasteiger partial charge in [0.1, 0.15) is 11.0 Å². The summed E-state index contributed by atoms with van der Waals surface area (Å²) < 4.78 is 11.0. The largest absolute Gasteiger partial charge is 0.425 e. The lowest BCUT2D eigenvalue weighted by atomic mass is 10.2. The third kappa shape index (κ3) is 2.27. The first-order valence-electron chi connectivity index (χ1n) is 7.46. The highest BCUT2D eigenvalue weighted by molar-refractivity contribution is 6.05. The quantitative estimate of drug-likeness (QED) is 0.604. The third-order valence-electron chi connectivity index (χ3n) is 3.89. The number of rotatable bonds is 2. The maximum atomic E-state index is 12.5. The van der Waals surface area contributed by atoms with Gasteiger partial charge in [0.25, 0.3) is 5.91 Å². The van der Waals surface area contributed by atoms with Gasteiger partial charge in [0.05, 0.1) is 5.39 Å². The number of aryl methyl sites for hydroxylation is 1. The van der Waals surface area contributed by atoms with E-state index >= 15 is 0 Å². The van der Waals surface area contributed by atoms with E-state index in [2.05, 4.69) is 5.32 Å². The van der Waals surface area contributed by atoms with Gasteiger partial charge in [0.2, 0.25) is 5.43 Å². The van der Waals surface area contributed by atoms with Gasteiger partial charge < -0.3 is 14.2 Å². The van der Waals surface area contributed by atoms with E-state index in [0.717, 1.165) is 5.56 Å². The second-order valence-corrected chi connectivity index (χ2v) is 5.51. The Balaban J connectivity index is 1.79. The monoisotopic (exact) mass is 319 g/mol. The summed E-state index contributed by atoms with van der Waals surface area (Å²) in [5.41, 5.74) is 1.83.